The fourth-order valence-electron chi connectivity index (χ4n) is 18.0. The highest BCUT2D eigenvalue weighted by Crippen LogP contribution is 2.79. The number of aliphatic hydroxyl groups is 2. The van der Waals surface area contributed by atoms with E-state index in [1.54, 1.807) is 0 Å². The predicted octanol–water partition coefficient (Wildman–Crippen LogP) is 9.65. The van der Waals surface area contributed by atoms with Gasteiger partial charge in [-0.15, -0.1) is 0 Å². The molecule has 0 aromatic heterocycles. The van der Waals surface area contributed by atoms with Crippen molar-refractivity contribution in [1.29, 1.82) is 0 Å². The molecule has 10 heteroatoms. The Labute approximate surface area is 358 Å². The maximum absolute atomic E-state index is 15.7. The minimum absolute atomic E-state index is 0.00552. The number of carbonyl (C=O) groups excluding carboxylic acids is 3. The summed E-state index contributed by atoms with van der Waals surface area (Å²) >= 11 is 0. The average molecular weight is 844 g/mol. The molecule has 1 aliphatic heterocycles. The molecule has 1 heterocycles. The number of carbonyl (C=O) groups is 3. The predicted molar refractivity (Wildman–Crippen MR) is 221 cm³/mol. The highest BCUT2D eigenvalue weighted by atomic mass is 19.4. The molecule has 1 aromatic rings. The van der Waals surface area contributed by atoms with Gasteiger partial charge in [-0.2, -0.15) is 13.2 Å². The number of allylic oxidation sites excluding steroid dienone is 4. The Hall–Kier alpha value is -2.98. The van der Waals surface area contributed by atoms with E-state index in [2.05, 4.69) is 26.0 Å². The number of ether oxygens (including phenoxy) is 1. The van der Waals surface area contributed by atoms with Crippen LogP contribution >= 0.6 is 0 Å². The zero-order valence-electron chi connectivity index (χ0n) is 36.6. The van der Waals surface area contributed by atoms with Gasteiger partial charge in [0.2, 0.25) is 0 Å². The molecule has 1 amide bonds. The molecule has 13 rings (SSSR count). The van der Waals surface area contributed by atoms with Gasteiger partial charge in [0.05, 0.1) is 29.2 Å². The Morgan fingerprint density at radius 3 is 2.08 bits per heavy atom. The van der Waals surface area contributed by atoms with Crippen LogP contribution in [-0.2, 0) is 20.5 Å². The number of ketones is 1. The Bertz CT molecular complexity index is 2160. The number of aliphatic hydroxyl groups excluding tert-OH is 1. The molecular formula is C51H64F3NO6. The molecule has 8 saturated carbocycles. The van der Waals surface area contributed by atoms with Crippen molar-refractivity contribution in [3.8, 4) is 0 Å². The number of halogens is 3. The largest absolute Gasteiger partial charge is 0.448 e. The third kappa shape index (κ3) is 4.94. The molecule has 10 atom stereocenters. The van der Waals surface area contributed by atoms with Crippen LogP contribution in [0.4, 0.5) is 13.2 Å². The molecule has 1 saturated heterocycles. The molecule has 1 aromatic carbocycles. The number of Topliss-reactive ketones (excluding diaryl/α,β-unsaturated/α-hetero) is 1. The fourth-order valence-corrected chi connectivity index (χ4v) is 18.0. The van der Waals surface area contributed by atoms with Crippen LogP contribution < -0.4 is 0 Å². The van der Waals surface area contributed by atoms with Crippen molar-refractivity contribution in [2.24, 2.45) is 67.5 Å². The monoisotopic (exact) mass is 843 g/mol. The fraction of sp³-hybridized carbons (Fsp3) is 0.745. The standard InChI is InChI=1S/C51H64F3NO6/c1-42(2)45(5)15-18-50(42,61-41(45)59)40(58)55(28-46-23-30-19-31(24-46)21-32(20-30)25-46)29-48(60)14-11-38-44(48,4)13-10-37-43(3)12-9-35(56)26-47(43)16-17-49(37,38)36(27-47)39(57)33-7-6-8-34(22-33)51(52,53)54/h6-8,16-17,22,27,30-32,35,37-38,56,60H,9-15,18-21,23-26,28-29H2,1-5H3. The number of nitrogens with zero attached hydrogens (tertiary/aromatic N) is 1. The molecule has 7 nitrogen and oxygen atoms in total. The van der Waals surface area contributed by atoms with Gasteiger partial charge in [-0.1, -0.05) is 58.1 Å². The lowest BCUT2D eigenvalue weighted by molar-refractivity contribution is -0.191. The molecule has 10 unspecified atom stereocenters. The molecule has 61 heavy (non-hydrogen) atoms. The second-order valence-electron chi connectivity index (χ2n) is 24.0. The molecule has 0 radical (unpaired) electrons. The van der Waals surface area contributed by atoms with Crippen LogP contribution in [0.2, 0.25) is 0 Å². The summed E-state index contributed by atoms with van der Waals surface area (Å²) in [5.41, 5.74) is -7.21. The van der Waals surface area contributed by atoms with Crippen molar-refractivity contribution < 1.29 is 42.5 Å². The van der Waals surface area contributed by atoms with E-state index < -0.39 is 61.9 Å². The maximum Gasteiger partial charge on any atom is 0.416 e. The average Bonchev–Trinajstić information content (AvgIpc) is 3.64. The summed E-state index contributed by atoms with van der Waals surface area (Å²) in [4.78, 5) is 46.4. The number of fused-ring (bicyclic) bond motifs is 3. The van der Waals surface area contributed by atoms with Crippen molar-refractivity contribution in [3.05, 3.63) is 59.2 Å². The van der Waals surface area contributed by atoms with Crippen molar-refractivity contribution in [2.75, 3.05) is 13.1 Å². The van der Waals surface area contributed by atoms with Gasteiger partial charge < -0.3 is 19.8 Å². The summed E-state index contributed by atoms with van der Waals surface area (Å²) in [7, 11) is 0. The summed E-state index contributed by atoms with van der Waals surface area (Å²) < 4.78 is 48.6. The zero-order valence-corrected chi connectivity index (χ0v) is 36.6. The van der Waals surface area contributed by atoms with E-state index in [4.69, 9.17) is 4.74 Å². The van der Waals surface area contributed by atoms with Crippen molar-refractivity contribution in [2.45, 2.75) is 154 Å². The van der Waals surface area contributed by atoms with E-state index in [0.717, 1.165) is 37.8 Å². The molecular weight excluding hydrogens is 780 g/mol. The Morgan fingerprint density at radius 2 is 1.46 bits per heavy atom. The first kappa shape index (κ1) is 40.8. The lowest BCUT2D eigenvalue weighted by Crippen LogP contribution is -2.68. The quantitative estimate of drug-likeness (QED) is 0.161. The van der Waals surface area contributed by atoms with Crippen molar-refractivity contribution in [3.63, 3.8) is 0 Å². The van der Waals surface area contributed by atoms with Gasteiger partial charge in [-0.25, -0.2) is 0 Å². The minimum atomic E-state index is -4.62. The lowest BCUT2D eigenvalue weighted by Gasteiger charge is -2.71. The number of hydrogen-bond acceptors (Lipinski definition) is 6. The topological polar surface area (TPSA) is 104 Å². The van der Waals surface area contributed by atoms with Gasteiger partial charge in [-0.05, 0) is 156 Å². The van der Waals surface area contributed by atoms with E-state index in [9.17, 15) is 28.2 Å². The van der Waals surface area contributed by atoms with Crippen LogP contribution in [0.15, 0.2) is 48.1 Å². The molecule has 12 aliphatic rings. The van der Waals surface area contributed by atoms with E-state index in [0.29, 0.717) is 81.2 Å². The first-order valence-electron chi connectivity index (χ1n) is 23.6. The third-order valence-corrected chi connectivity index (χ3v) is 21.3. The zero-order chi connectivity index (χ0) is 43.2. The molecule has 2 N–H and O–H groups in total. The van der Waals surface area contributed by atoms with E-state index in [1.807, 2.05) is 31.7 Å². The van der Waals surface area contributed by atoms with Gasteiger partial charge in [0.15, 0.2) is 11.4 Å². The molecule has 11 aliphatic carbocycles. The van der Waals surface area contributed by atoms with Crippen LogP contribution in [0, 0.1) is 67.5 Å². The number of amides is 1. The smallest absolute Gasteiger partial charge is 0.416 e. The molecule has 330 valence electrons. The lowest BCUT2D eigenvalue weighted by atomic mass is 9.32. The van der Waals surface area contributed by atoms with Crippen LogP contribution in [-0.4, -0.2) is 63.2 Å². The Balaban J connectivity index is 1.00. The summed E-state index contributed by atoms with van der Waals surface area (Å²) in [6.45, 7) is 11.0. The first-order valence-corrected chi connectivity index (χ1v) is 23.6. The summed E-state index contributed by atoms with van der Waals surface area (Å²) in [6.07, 6.45) is 13.4. The number of hydrogen-bond donors (Lipinski definition) is 2. The van der Waals surface area contributed by atoms with Crippen LogP contribution in [0.3, 0.4) is 0 Å². The molecule has 9 fully saturated rings. The van der Waals surface area contributed by atoms with Crippen LogP contribution in [0.1, 0.15) is 147 Å². The number of rotatable bonds is 7. The highest BCUT2D eigenvalue weighted by Gasteiger charge is 2.78. The maximum atomic E-state index is 15.7. The van der Waals surface area contributed by atoms with E-state index in [-0.39, 0.29) is 46.7 Å². The van der Waals surface area contributed by atoms with Crippen molar-refractivity contribution >= 4 is 17.7 Å². The van der Waals surface area contributed by atoms with Gasteiger partial charge in [0.25, 0.3) is 5.91 Å². The normalized spacial score (nSPS) is 49.3. The summed E-state index contributed by atoms with van der Waals surface area (Å²) in [6, 6.07) is 4.75. The minimum Gasteiger partial charge on any atom is -0.448 e. The number of benzene rings is 1. The Morgan fingerprint density at radius 1 is 0.820 bits per heavy atom. The van der Waals surface area contributed by atoms with E-state index in [1.165, 1.54) is 31.4 Å². The van der Waals surface area contributed by atoms with Crippen LogP contribution in [0.25, 0.3) is 0 Å². The molecule has 8 bridgehead atoms. The first-order chi connectivity index (χ1) is 28.5. The third-order valence-electron chi connectivity index (χ3n) is 21.3. The van der Waals surface area contributed by atoms with Gasteiger partial charge in [-0.3, -0.25) is 14.4 Å². The number of alkyl halides is 3. The second-order valence-corrected chi connectivity index (χ2v) is 24.0. The molecule has 2 spiro atoms. The van der Waals surface area contributed by atoms with Crippen LogP contribution in [0.5, 0.6) is 0 Å². The summed E-state index contributed by atoms with van der Waals surface area (Å²) in [5, 5.41) is 24.8. The Kier molecular flexibility index (Phi) is 8.17. The SMILES string of the molecule is CC12CCC(C(=O)N(CC34CC5CC(CC(C5)C3)C4)CC3(O)CCC4C56C=CC7(C=C5C(=O)c5cccc(C(F)(F)F)c5)CC(O)CCC7(C)C6CCC43C)(OC1=O)C2(C)C. The second kappa shape index (κ2) is 12.2. The van der Waals surface area contributed by atoms with E-state index >= 15 is 9.59 Å². The van der Waals surface area contributed by atoms with Crippen molar-refractivity contribution in [1.82, 2.24) is 4.90 Å². The van der Waals surface area contributed by atoms with Gasteiger partial charge in [0.1, 0.15) is 0 Å². The van der Waals surface area contributed by atoms with Gasteiger partial charge >= 0.3 is 12.1 Å². The number of esters is 1. The summed E-state index contributed by atoms with van der Waals surface area (Å²) in [5.74, 6) is 0.766. The van der Waals surface area contributed by atoms with Gasteiger partial charge in [0, 0.05) is 39.3 Å². The highest BCUT2D eigenvalue weighted by molar-refractivity contribution is 6.10.